The van der Waals surface area contributed by atoms with Crippen LogP contribution < -0.4 is 10.6 Å². The van der Waals surface area contributed by atoms with Gasteiger partial charge in [-0.15, -0.1) is 0 Å². The second kappa shape index (κ2) is 6.06. The van der Waals surface area contributed by atoms with E-state index in [9.17, 15) is 18.0 Å². The van der Waals surface area contributed by atoms with E-state index in [1.807, 2.05) is 5.32 Å². The molecule has 0 aliphatic carbocycles. The molecule has 0 radical (unpaired) electrons. The molecule has 2 N–H and O–H groups in total. The van der Waals surface area contributed by atoms with Gasteiger partial charge in [0.25, 0.3) is 0 Å². The summed E-state index contributed by atoms with van der Waals surface area (Å²) in [5, 5.41) is 4.32. The van der Waals surface area contributed by atoms with Crippen molar-refractivity contribution >= 4 is 17.8 Å². The molecule has 7 heteroatoms. The number of amides is 2. The van der Waals surface area contributed by atoms with Crippen molar-refractivity contribution in [1.29, 1.82) is 0 Å². The molecule has 1 aliphatic heterocycles. The summed E-state index contributed by atoms with van der Waals surface area (Å²) in [5.74, 6) is 5.00. The van der Waals surface area contributed by atoms with Crippen LogP contribution in [-0.4, -0.2) is 12.2 Å². The number of allylic oxidation sites excluding steroid dienone is 1. The molecular weight excluding hydrogens is 333 g/mol. The minimum Gasteiger partial charge on any atom is -0.465 e. The zero-order valence-electron chi connectivity index (χ0n) is 13.1. The Labute approximate surface area is 141 Å². The summed E-state index contributed by atoms with van der Waals surface area (Å²) in [6, 6.07) is 6.75. The summed E-state index contributed by atoms with van der Waals surface area (Å²) >= 11 is 0. The third-order valence-electron chi connectivity index (χ3n) is 3.69. The molecule has 2 heterocycles. The molecule has 4 nitrogen and oxygen atoms in total. The number of aryl methyl sites for hydroxylation is 1. The quantitative estimate of drug-likeness (QED) is 0.761. The Balaban J connectivity index is 2.10. The highest BCUT2D eigenvalue weighted by molar-refractivity contribution is 5.94. The van der Waals surface area contributed by atoms with Crippen LogP contribution >= 0.6 is 0 Å². The minimum absolute atomic E-state index is 0.0796. The van der Waals surface area contributed by atoms with Crippen LogP contribution in [0.2, 0.25) is 0 Å². The van der Waals surface area contributed by atoms with Gasteiger partial charge in [-0.1, -0.05) is 29.5 Å². The highest BCUT2D eigenvalue weighted by atomic mass is 19.4. The average Bonchev–Trinajstić information content (AvgIpc) is 3.04. The van der Waals surface area contributed by atoms with Gasteiger partial charge in [0.05, 0.1) is 6.26 Å². The van der Waals surface area contributed by atoms with E-state index in [4.69, 9.17) is 4.42 Å². The lowest BCUT2D eigenvalue weighted by atomic mass is 9.85. The molecule has 1 atom stereocenters. The minimum atomic E-state index is -4.81. The highest BCUT2D eigenvalue weighted by Crippen LogP contribution is 2.44. The van der Waals surface area contributed by atoms with E-state index in [1.165, 1.54) is 30.5 Å². The van der Waals surface area contributed by atoms with Gasteiger partial charge in [-0.25, -0.2) is 4.79 Å². The van der Waals surface area contributed by atoms with Crippen molar-refractivity contribution in [3.8, 4) is 11.8 Å². The lowest BCUT2D eigenvalue weighted by Crippen LogP contribution is -2.59. The van der Waals surface area contributed by atoms with Crippen molar-refractivity contribution in [3.05, 3.63) is 59.6 Å². The van der Waals surface area contributed by atoms with Crippen molar-refractivity contribution in [2.75, 3.05) is 5.32 Å². The Bertz CT molecular complexity index is 889. The third-order valence-corrected chi connectivity index (χ3v) is 3.69. The first kappa shape index (κ1) is 16.7. The maximum atomic E-state index is 13.9. The summed E-state index contributed by atoms with van der Waals surface area (Å²) in [6.07, 6.45) is -0.678. The van der Waals surface area contributed by atoms with Gasteiger partial charge in [-0.05, 0) is 37.3 Å². The Hall–Kier alpha value is -3.14. The van der Waals surface area contributed by atoms with Crippen molar-refractivity contribution in [2.45, 2.75) is 18.6 Å². The molecule has 25 heavy (non-hydrogen) atoms. The number of nitrogens with one attached hydrogen (secondary N) is 2. The molecule has 3 rings (SSSR count). The zero-order chi connectivity index (χ0) is 18.1. The molecule has 1 aromatic heterocycles. The number of carbonyl (C=O) groups excluding carboxylic acids is 1. The fourth-order valence-electron chi connectivity index (χ4n) is 2.52. The topological polar surface area (TPSA) is 54.3 Å². The van der Waals surface area contributed by atoms with Gasteiger partial charge in [-0.3, -0.25) is 0 Å². The molecule has 0 saturated heterocycles. The molecule has 0 fully saturated rings. The predicted octanol–water partition coefficient (Wildman–Crippen LogP) is 4.20. The Morgan fingerprint density at radius 1 is 1.28 bits per heavy atom. The lowest BCUT2D eigenvalue weighted by Gasteiger charge is -2.37. The number of furan rings is 1. The maximum absolute atomic E-state index is 13.9. The molecule has 2 amide bonds. The zero-order valence-corrected chi connectivity index (χ0v) is 13.1. The van der Waals surface area contributed by atoms with E-state index in [0.717, 1.165) is 0 Å². The van der Waals surface area contributed by atoms with Gasteiger partial charge >= 0.3 is 12.2 Å². The number of rotatable bonds is 1. The molecule has 2 aromatic rings. The fourth-order valence-corrected chi connectivity index (χ4v) is 2.52. The Kier molecular flexibility index (Phi) is 4.05. The monoisotopic (exact) mass is 346 g/mol. The second-order valence-corrected chi connectivity index (χ2v) is 5.49. The molecule has 1 aromatic carbocycles. The molecular formula is C18H13F3N2O2. The number of carbonyl (C=O) groups is 1. The largest absolute Gasteiger partial charge is 0.465 e. The Morgan fingerprint density at radius 3 is 2.76 bits per heavy atom. The van der Waals surface area contributed by atoms with Crippen LogP contribution in [-0.2, 0) is 5.54 Å². The van der Waals surface area contributed by atoms with E-state index in [-0.39, 0.29) is 11.3 Å². The summed E-state index contributed by atoms with van der Waals surface area (Å²) in [5.41, 5.74) is -2.22. The molecule has 128 valence electrons. The van der Waals surface area contributed by atoms with Crippen LogP contribution in [0.25, 0.3) is 6.08 Å². The van der Waals surface area contributed by atoms with E-state index in [1.54, 1.807) is 25.1 Å². The fraction of sp³-hybridized carbons (Fsp3) is 0.167. The standard InChI is InChI=1S/C18H13F3N2O2/c1-12-7-8-15-14(11-12)17(18(19,20)21,23-16(24)22-15)9-3-2-5-13-6-4-10-25-13/h2,4-8,10-11H,1H3,(H2,22,23,24)/b5-2+/t17-/m0/s1. The maximum Gasteiger partial charge on any atom is 0.427 e. The normalized spacial score (nSPS) is 19.6. The number of fused-ring (bicyclic) bond motifs is 1. The van der Waals surface area contributed by atoms with Gasteiger partial charge < -0.3 is 15.1 Å². The van der Waals surface area contributed by atoms with Crippen molar-refractivity contribution in [1.82, 2.24) is 5.32 Å². The smallest absolute Gasteiger partial charge is 0.427 e. The van der Waals surface area contributed by atoms with Crippen LogP contribution in [0.15, 0.2) is 47.1 Å². The van der Waals surface area contributed by atoms with Crippen molar-refractivity contribution < 1.29 is 22.4 Å². The first-order chi connectivity index (χ1) is 11.8. The molecule has 0 saturated carbocycles. The lowest BCUT2D eigenvalue weighted by molar-refractivity contribution is -0.178. The van der Waals surface area contributed by atoms with E-state index < -0.39 is 17.7 Å². The summed E-state index contributed by atoms with van der Waals surface area (Å²) in [6.45, 7) is 1.67. The molecule has 0 bridgehead atoms. The SMILES string of the molecule is Cc1ccc2c(c1)[C@@](C#C/C=C/c1ccco1)(C(F)(F)F)NC(=O)N2. The molecule has 0 spiro atoms. The van der Waals surface area contributed by atoms with Crippen LogP contribution in [0.3, 0.4) is 0 Å². The van der Waals surface area contributed by atoms with Crippen LogP contribution in [0, 0.1) is 18.8 Å². The summed E-state index contributed by atoms with van der Waals surface area (Å²) < 4.78 is 46.7. The van der Waals surface area contributed by atoms with Crippen molar-refractivity contribution in [3.63, 3.8) is 0 Å². The summed E-state index contributed by atoms with van der Waals surface area (Å²) in [7, 11) is 0. The number of urea groups is 1. The molecule has 0 unspecified atom stereocenters. The summed E-state index contributed by atoms with van der Waals surface area (Å²) in [4.78, 5) is 11.8. The van der Waals surface area contributed by atoms with E-state index >= 15 is 0 Å². The first-order valence-corrected chi connectivity index (χ1v) is 7.31. The van der Waals surface area contributed by atoms with Gasteiger partial charge in [0.2, 0.25) is 5.54 Å². The van der Waals surface area contributed by atoms with Crippen molar-refractivity contribution in [2.24, 2.45) is 0 Å². The number of hydrogen-bond acceptors (Lipinski definition) is 2. The average molecular weight is 346 g/mol. The van der Waals surface area contributed by atoms with E-state index in [0.29, 0.717) is 11.3 Å². The number of hydrogen-bond donors (Lipinski definition) is 2. The van der Waals surface area contributed by atoms with Gasteiger partial charge in [0.15, 0.2) is 0 Å². The predicted molar refractivity (Wildman–Crippen MR) is 86.6 cm³/mol. The third kappa shape index (κ3) is 3.11. The first-order valence-electron chi connectivity index (χ1n) is 7.31. The molecule has 1 aliphatic rings. The van der Waals surface area contributed by atoms with Crippen LogP contribution in [0.4, 0.5) is 23.7 Å². The van der Waals surface area contributed by atoms with E-state index in [2.05, 4.69) is 17.2 Å². The van der Waals surface area contributed by atoms with Gasteiger partial charge in [0.1, 0.15) is 5.76 Å². The number of alkyl halides is 3. The van der Waals surface area contributed by atoms with Crippen LogP contribution in [0.5, 0.6) is 0 Å². The van der Waals surface area contributed by atoms with Gasteiger partial charge in [0, 0.05) is 11.3 Å². The highest BCUT2D eigenvalue weighted by Gasteiger charge is 2.59. The second-order valence-electron chi connectivity index (χ2n) is 5.49. The number of benzene rings is 1. The Morgan fingerprint density at radius 2 is 2.08 bits per heavy atom. The van der Waals surface area contributed by atoms with Gasteiger partial charge in [-0.2, -0.15) is 13.2 Å². The van der Waals surface area contributed by atoms with Crippen LogP contribution in [0.1, 0.15) is 16.9 Å². The number of halogens is 3. The number of anilines is 1.